The zero-order chi connectivity index (χ0) is 19.8. The van der Waals surface area contributed by atoms with Gasteiger partial charge in [-0.05, 0) is 36.6 Å². The van der Waals surface area contributed by atoms with Crippen LogP contribution in [0.15, 0.2) is 65.6 Å². The number of fused-ring (bicyclic) bond motifs is 1. The molecule has 0 saturated heterocycles. The number of aliphatic carboxylic acids is 1. The molecule has 0 aromatic heterocycles. The number of carboxylic acid groups (broad SMARTS) is 1. The van der Waals surface area contributed by atoms with Crippen molar-refractivity contribution in [2.75, 3.05) is 4.31 Å². The monoisotopic (exact) mass is 423 g/mol. The molecule has 3 aromatic rings. The second-order valence-corrected chi connectivity index (χ2v) is 8.52. The summed E-state index contributed by atoms with van der Waals surface area (Å²) in [5.74, 6) is -1.27. The molecule has 8 heteroatoms. The molecule has 1 unspecified atom stereocenters. The van der Waals surface area contributed by atoms with Crippen LogP contribution >= 0.6 is 23.2 Å². The first kappa shape index (κ1) is 19.5. The Morgan fingerprint density at radius 1 is 1.00 bits per heavy atom. The summed E-state index contributed by atoms with van der Waals surface area (Å²) in [5, 5.41) is 11.2. The quantitative estimate of drug-likeness (QED) is 0.638. The fourth-order valence-corrected chi connectivity index (χ4v) is 4.82. The number of sulfonamides is 1. The zero-order valence-corrected chi connectivity index (χ0v) is 16.5. The van der Waals surface area contributed by atoms with Crippen LogP contribution in [0, 0.1) is 0 Å². The molecule has 0 radical (unpaired) electrons. The van der Waals surface area contributed by atoms with Crippen LogP contribution in [0.25, 0.3) is 10.8 Å². The minimum atomic E-state index is -4.22. The summed E-state index contributed by atoms with van der Waals surface area (Å²) in [7, 11) is -4.22. The second-order valence-electron chi connectivity index (χ2n) is 5.89. The van der Waals surface area contributed by atoms with Gasteiger partial charge in [0.15, 0.2) is 0 Å². The van der Waals surface area contributed by atoms with E-state index < -0.39 is 22.0 Å². The summed E-state index contributed by atoms with van der Waals surface area (Å²) in [4.78, 5) is 11.6. The Balaban J connectivity index is 2.28. The Morgan fingerprint density at radius 2 is 1.67 bits per heavy atom. The average Bonchev–Trinajstić information content (AvgIpc) is 2.64. The molecule has 3 aromatic carbocycles. The van der Waals surface area contributed by atoms with E-state index in [0.29, 0.717) is 5.39 Å². The van der Waals surface area contributed by atoms with Crippen molar-refractivity contribution in [3.05, 3.63) is 70.7 Å². The molecule has 0 bridgehead atoms. The van der Waals surface area contributed by atoms with E-state index in [0.717, 1.165) is 9.69 Å². The van der Waals surface area contributed by atoms with E-state index in [9.17, 15) is 18.3 Å². The summed E-state index contributed by atoms with van der Waals surface area (Å²) >= 11 is 11.9. The molecule has 0 heterocycles. The fraction of sp³-hybridized carbons (Fsp3) is 0.105. The molecule has 0 aliphatic carbocycles. The summed E-state index contributed by atoms with van der Waals surface area (Å²) < 4.78 is 27.6. The molecule has 5 nitrogen and oxygen atoms in total. The van der Waals surface area contributed by atoms with Gasteiger partial charge in [-0.15, -0.1) is 0 Å². The van der Waals surface area contributed by atoms with E-state index in [4.69, 9.17) is 23.2 Å². The molecule has 0 spiro atoms. The zero-order valence-electron chi connectivity index (χ0n) is 14.1. The highest BCUT2D eigenvalue weighted by atomic mass is 35.5. The first-order chi connectivity index (χ1) is 12.7. The first-order valence-electron chi connectivity index (χ1n) is 7.93. The highest BCUT2D eigenvalue weighted by molar-refractivity contribution is 7.93. The van der Waals surface area contributed by atoms with Gasteiger partial charge in [0, 0.05) is 5.39 Å². The number of carboxylic acids is 1. The lowest BCUT2D eigenvalue weighted by atomic mass is 10.1. The average molecular weight is 424 g/mol. The summed E-state index contributed by atoms with van der Waals surface area (Å²) in [6.07, 6.45) is 0. The topological polar surface area (TPSA) is 74.7 Å². The minimum Gasteiger partial charge on any atom is -0.480 e. The molecular formula is C19H15Cl2NO4S. The van der Waals surface area contributed by atoms with Crippen LogP contribution in [0.1, 0.15) is 6.92 Å². The Morgan fingerprint density at radius 3 is 2.33 bits per heavy atom. The normalized spacial score (nSPS) is 12.7. The van der Waals surface area contributed by atoms with Crippen molar-refractivity contribution in [1.29, 1.82) is 0 Å². The molecular weight excluding hydrogens is 409 g/mol. The highest BCUT2D eigenvalue weighted by Crippen LogP contribution is 2.34. The number of halogens is 2. The lowest BCUT2D eigenvalue weighted by Crippen LogP contribution is -2.43. The van der Waals surface area contributed by atoms with Crippen molar-refractivity contribution in [2.45, 2.75) is 17.9 Å². The predicted molar refractivity (Wildman–Crippen MR) is 107 cm³/mol. The third-order valence-electron chi connectivity index (χ3n) is 4.16. The summed E-state index contributed by atoms with van der Waals surface area (Å²) in [6, 6.07) is 14.8. The van der Waals surface area contributed by atoms with Gasteiger partial charge in [-0.1, -0.05) is 59.6 Å². The number of anilines is 1. The molecule has 0 aliphatic rings. The van der Waals surface area contributed by atoms with Gasteiger partial charge in [0.25, 0.3) is 10.0 Å². The van der Waals surface area contributed by atoms with Crippen LogP contribution in [0.2, 0.25) is 10.0 Å². The van der Waals surface area contributed by atoms with Crippen molar-refractivity contribution in [1.82, 2.24) is 0 Å². The van der Waals surface area contributed by atoms with E-state index >= 15 is 0 Å². The molecule has 140 valence electrons. The molecule has 0 aliphatic heterocycles. The van der Waals surface area contributed by atoms with Gasteiger partial charge in [-0.3, -0.25) is 4.31 Å². The van der Waals surface area contributed by atoms with Gasteiger partial charge in [-0.2, -0.15) is 0 Å². The van der Waals surface area contributed by atoms with E-state index in [1.807, 2.05) is 18.2 Å². The van der Waals surface area contributed by atoms with E-state index in [1.165, 1.54) is 25.1 Å². The van der Waals surface area contributed by atoms with Crippen LogP contribution in [0.3, 0.4) is 0 Å². The summed E-state index contributed by atoms with van der Waals surface area (Å²) in [5.41, 5.74) is 0.272. The van der Waals surface area contributed by atoms with Crippen molar-refractivity contribution in [2.24, 2.45) is 0 Å². The number of rotatable bonds is 5. The van der Waals surface area contributed by atoms with Crippen molar-refractivity contribution in [3.63, 3.8) is 0 Å². The van der Waals surface area contributed by atoms with Gasteiger partial charge in [0.1, 0.15) is 6.04 Å². The fourth-order valence-electron chi connectivity index (χ4n) is 2.80. The Bertz CT molecular complexity index is 1130. The number of benzene rings is 3. The van der Waals surface area contributed by atoms with E-state index in [2.05, 4.69) is 0 Å². The van der Waals surface area contributed by atoms with Crippen LogP contribution < -0.4 is 4.31 Å². The minimum absolute atomic E-state index is 0.0681. The smallest absolute Gasteiger partial charge is 0.327 e. The van der Waals surface area contributed by atoms with Crippen molar-refractivity contribution < 1.29 is 18.3 Å². The van der Waals surface area contributed by atoms with Gasteiger partial charge >= 0.3 is 5.97 Å². The molecule has 1 N–H and O–H groups in total. The Labute approximate surface area is 166 Å². The van der Waals surface area contributed by atoms with Crippen molar-refractivity contribution in [3.8, 4) is 0 Å². The molecule has 0 amide bonds. The van der Waals surface area contributed by atoms with Gasteiger partial charge < -0.3 is 5.11 Å². The van der Waals surface area contributed by atoms with E-state index in [1.54, 1.807) is 24.3 Å². The SMILES string of the molecule is CC(C(=O)O)N(c1cccc2ccccc12)S(=O)(=O)c1ccc(Cl)c(Cl)c1. The third kappa shape index (κ3) is 3.60. The number of hydrogen-bond acceptors (Lipinski definition) is 3. The molecule has 3 rings (SSSR count). The maximum absolute atomic E-state index is 13.3. The van der Waals surface area contributed by atoms with Gasteiger partial charge in [0.05, 0.1) is 20.6 Å². The van der Waals surface area contributed by atoms with Gasteiger partial charge in [-0.25, -0.2) is 13.2 Å². The molecule has 27 heavy (non-hydrogen) atoms. The number of nitrogens with zero attached hydrogens (tertiary/aromatic N) is 1. The predicted octanol–water partition coefficient (Wildman–Crippen LogP) is 4.82. The van der Waals surface area contributed by atoms with Crippen molar-refractivity contribution >= 4 is 55.7 Å². The Kier molecular flexibility index (Phi) is 5.33. The lowest BCUT2D eigenvalue weighted by Gasteiger charge is -2.29. The molecule has 1 atom stereocenters. The third-order valence-corrected chi connectivity index (χ3v) is 6.78. The highest BCUT2D eigenvalue weighted by Gasteiger charge is 2.34. The first-order valence-corrected chi connectivity index (χ1v) is 10.1. The maximum Gasteiger partial charge on any atom is 0.327 e. The van der Waals surface area contributed by atoms with Crippen LogP contribution in [-0.2, 0) is 14.8 Å². The maximum atomic E-state index is 13.3. The standard InChI is InChI=1S/C19H15Cl2NO4S/c1-12(19(23)24)22(18-8-4-6-13-5-2-3-7-15(13)18)27(25,26)14-9-10-16(20)17(21)11-14/h2-12H,1H3,(H,23,24). The molecule has 0 saturated carbocycles. The van der Waals surface area contributed by atoms with Crippen LogP contribution in [0.4, 0.5) is 5.69 Å². The number of hydrogen-bond donors (Lipinski definition) is 1. The number of carbonyl (C=O) groups is 1. The Hall–Kier alpha value is -2.28. The lowest BCUT2D eigenvalue weighted by molar-refractivity contribution is -0.137. The second kappa shape index (κ2) is 7.38. The molecule has 0 fully saturated rings. The van der Waals surface area contributed by atoms with Gasteiger partial charge in [0.2, 0.25) is 0 Å². The summed E-state index contributed by atoms with van der Waals surface area (Å²) in [6.45, 7) is 1.32. The largest absolute Gasteiger partial charge is 0.480 e. The van der Waals surface area contributed by atoms with Crippen LogP contribution in [-0.4, -0.2) is 25.5 Å². The van der Waals surface area contributed by atoms with Crippen LogP contribution in [0.5, 0.6) is 0 Å². The van der Waals surface area contributed by atoms with E-state index in [-0.39, 0.29) is 20.6 Å².